The highest BCUT2D eigenvalue weighted by Crippen LogP contribution is 2.31. The summed E-state index contributed by atoms with van der Waals surface area (Å²) in [4.78, 5) is 12.3. The number of hydrogen-bond acceptors (Lipinski definition) is 5. The van der Waals surface area contributed by atoms with Crippen LogP contribution in [-0.2, 0) is 24.0 Å². The standard InChI is InChI=1S/C14H14BF3N4O3/c1-2-5-22-12(14(16,17)18)11(20-21-22)13(23)19-9-4-3-8-7-25-15(24)10(8)6-9/h3-4,6,24H,2,5,7H2,1H3,(H,19,23). The van der Waals surface area contributed by atoms with E-state index in [0.29, 0.717) is 16.6 Å². The van der Waals surface area contributed by atoms with Crippen LogP contribution in [0.15, 0.2) is 18.2 Å². The van der Waals surface area contributed by atoms with Crippen LogP contribution in [0.1, 0.15) is 35.1 Å². The van der Waals surface area contributed by atoms with Crippen molar-refractivity contribution >= 4 is 24.2 Å². The van der Waals surface area contributed by atoms with E-state index in [1.54, 1.807) is 13.0 Å². The number of rotatable bonds is 4. The van der Waals surface area contributed by atoms with Gasteiger partial charge in [-0.3, -0.25) is 4.79 Å². The molecule has 0 bridgehead atoms. The van der Waals surface area contributed by atoms with Crippen molar-refractivity contribution in [1.82, 2.24) is 15.0 Å². The number of amides is 1. The van der Waals surface area contributed by atoms with Gasteiger partial charge in [0, 0.05) is 12.2 Å². The Morgan fingerprint density at radius 3 is 2.92 bits per heavy atom. The summed E-state index contributed by atoms with van der Waals surface area (Å²) in [6.07, 6.45) is -4.34. The quantitative estimate of drug-likeness (QED) is 0.805. The Morgan fingerprint density at radius 2 is 2.24 bits per heavy atom. The summed E-state index contributed by atoms with van der Waals surface area (Å²) in [5.41, 5.74) is -0.542. The van der Waals surface area contributed by atoms with Crippen molar-refractivity contribution in [3.63, 3.8) is 0 Å². The smallest absolute Gasteiger partial charge is 0.423 e. The van der Waals surface area contributed by atoms with E-state index >= 15 is 0 Å². The predicted octanol–water partition coefficient (Wildman–Crippen LogP) is 1.18. The summed E-state index contributed by atoms with van der Waals surface area (Å²) in [5.74, 6) is -1.02. The van der Waals surface area contributed by atoms with Crippen LogP contribution in [0.25, 0.3) is 0 Å². The van der Waals surface area contributed by atoms with Crippen LogP contribution < -0.4 is 10.8 Å². The zero-order valence-corrected chi connectivity index (χ0v) is 13.2. The average Bonchev–Trinajstić information content (AvgIpc) is 3.12. The van der Waals surface area contributed by atoms with Gasteiger partial charge in [0.15, 0.2) is 11.4 Å². The van der Waals surface area contributed by atoms with E-state index in [-0.39, 0.29) is 18.8 Å². The minimum Gasteiger partial charge on any atom is -0.423 e. The topological polar surface area (TPSA) is 89.3 Å². The molecule has 0 spiro atoms. The Hall–Kier alpha value is -2.40. The van der Waals surface area contributed by atoms with Crippen LogP contribution in [0.3, 0.4) is 0 Å². The molecule has 0 saturated heterocycles. The first-order valence-corrected chi connectivity index (χ1v) is 7.55. The molecule has 25 heavy (non-hydrogen) atoms. The molecule has 11 heteroatoms. The lowest BCUT2D eigenvalue weighted by molar-refractivity contribution is -0.144. The van der Waals surface area contributed by atoms with E-state index in [0.717, 1.165) is 5.56 Å². The molecule has 2 aromatic rings. The molecule has 0 saturated carbocycles. The summed E-state index contributed by atoms with van der Waals surface area (Å²) in [6, 6.07) is 4.59. The molecule has 0 unspecified atom stereocenters. The van der Waals surface area contributed by atoms with Crippen molar-refractivity contribution in [1.29, 1.82) is 0 Å². The molecule has 1 aliphatic rings. The van der Waals surface area contributed by atoms with Crippen molar-refractivity contribution in [3.05, 3.63) is 35.2 Å². The first-order valence-electron chi connectivity index (χ1n) is 7.55. The van der Waals surface area contributed by atoms with Gasteiger partial charge in [-0.15, -0.1) is 5.10 Å². The highest BCUT2D eigenvalue weighted by atomic mass is 19.4. The largest absolute Gasteiger partial charge is 0.491 e. The van der Waals surface area contributed by atoms with E-state index in [2.05, 4.69) is 15.6 Å². The third-order valence-electron chi connectivity index (χ3n) is 3.72. The fourth-order valence-corrected chi connectivity index (χ4v) is 2.60. The minimum atomic E-state index is -4.76. The van der Waals surface area contributed by atoms with E-state index in [4.69, 9.17) is 4.65 Å². The third kappa shape index (κ3) is 3.37. The number of alkyl halides is 3. The van der Waals surface area contributed by atoms with Gasteiger partial charge in [0.2, 0.25) is 0 Å². The first-order chi connectivity index (χ1) is 11.8. The Labute approximate surface area is 140 Å². The number of nitrogens with zero attached hydrogens (tertiary/aromatic N) is 3. The molecule has 0 fully saturated rings. The molecule has 0 aliphatic carbocycles. The van der Waals surface area contributed by atoms with Crippen molar-refractivity contribution in [2.75, 3.05) is 5.32 Å². The molecule has 2 N–H and O–H groups in total. The van der Waals surface area contributed by atoms with Crippen molar-refractivity contribution in [2.24, 2.45) is 0 Å². The zero-order chi connectivity index (χ0) is 18.2. The van der Waals surface area contributed by atoms with Crippen LogP contribution in [0.4, 0.5) is 18.9 Å². The van der Waals surface area contributed by atoms with Gasteiger partial charge in [-0.25, -0.2) is 4.68 Å². The lowest BCUT2D eigenvalue weighted by Gasteiger charge is -2.11. The fourth-order valence-electron chi connectivity index (χ4n) is 2.60. The maximum atomic E-state index is 13.3. The Morgan fingerprint density at radius 1 is 1.48 bits per heavy atom. The van der Waals surface area contributed by atoms with Gasteiger partial charge in [-0.2, -0.15) is 13.2 Å². The minimum absolute atomic E-state index is 0.00248. The summed E-state index contributed by atoms with van der Waals surface area (Å²) < 4.78 is 45.5. The molecule has 3 rings (SSSR count). The van der Waals surface area contributed by atoms with Gasteiger partial charge in [-0.05, 0) is 29.6 Å². The van der Waals surface area contributed by atoms with Gasteiger partial charge < -0.3 is 15.0 Å². The number of aromatic nitrogens is 3. The van der Waals surface area contributed by atoms with Gasteiger partial charge in [0.1, 0.15) is 0 Å². The number of nitrogens with one attached hydrogen (secondary N) is 1. The summed E-state index contributed by atoms with van der Waals surface area (Å²) in [7, 11) is -1.12. The lowest BCUT2D eigenvalue weighted by atomic mass is 9.79. The summed E-state index contributed by atoms with van der Waals surface area (Å²) in [5, 5.41) is 18.8. The molecule has 0 atom stereocenters. The number of carbonyl (C=O) groups excluding carboxylic acids is 1. The second kappa shape index (κ2) is 6.49. The van der Waals surface area contributed by atoms with E-state index in [1.165, 1.54) is 12.1 Å². The number of halogens is 3. The molecule has 1 aromatic heterocycles. The van der Waals surface area contributed by atoms with Crippen LogP contribution >= 0.6 is 0 Å². The maximum Gasteiger partial charge on any atom is 0.491 e. The number of fused-ring (bicyclic) bond motifs is 1. The van der Waals surface area contributed by atoms with Gasteiger partial charge >= 0.3 is 13.3 Å². The molecular formula is C14H14BF3N4O3. The highest BCUT2D eigenvalue weighted by Gasteiger charge is 2.41. The molecule has 132 valence electrons. The van der Waals surface area contributed by atoms with Crippen LogP contribution in [0.5, 0.6) is 0 Å². The second-order valence-electron chi connectivity index (χ2n) is 5.54. The van der Waals surface area contributed by atoms with Crippen LogP contribution in [-0.4, -0.2) is 33.0 Å². The maximum absolute atomic E-state index is 13.3. The normalized spacial score (nSPS) is 13.9. The molecule has 1 amide bonds. The number of aryl methyl sites for hydroxylation is 1. The van der Waals surface area contributed by atoms with Crippen molar-refractivity contribution in [3.8, 4) is 0 Å². The Balaban J connectivity index is 1.88. The lowest BCUT2D eigenvalue weighted by Crippen LogP contribution is -2.28. The van der Waals surface area contributed by atoms with Gasteiger partial charge in [0.25, 0.3) is 5.91 Å². The Bertz CT molecular complexity index is 809. The first kappa shape index (κ1) is 17.4. The van der Waals surface area contributed by atoms with Crippen molar-refractivity contribution < 1.29 is 27.6 Å². The zero-order valence-electron chi connectivity index (χ0n) is 13.2. The van der Waals surface area contributed by atoms with E-state index in [9.17, 15) is 23.0 Å². The Kier molecular flexibility index (Phi) is 4.52. The number of carbonyl (C=O) groups is 1. The highest BCUT2D eigenvalue weighted by molar-refractivity contribution is 6.61. The molecule has 7 nitrogen and oxygen atoms in total. The summed E-state index contributed by atoms with van der Waals surface area (Å²) in [6.45, 7) is 1.92. The van der Waals surface area contributed by atoms with Gasteiger partial charge in [0.05, 0.1) is 6.61 Å². The van der Waals surface area contributed by atoms with Crippen LogP contribution in [0.2, 0.25) is 0 Å². The molecule has 1 aromatic carbocycles. The monoisotopic (exact) mass is 354 g/mol. The van der Waals surface area contributed by atoms with E-state index < -0.39 is 30.6 Å². The predicted molar refractivity (Wildman–Crippen MR) is 82.1 cm³/mol. The molecule has 0 radical (unpaired) electrons. The second-order valence-corrected chi connectivity index (χ2v) is 5.54. The van der Waals surface area contributed by atoms with Crippen molar-refractivity contribution in [2.45, 2.75) is 32.7 Å². The SMILES string of the molecule is CCCn1nnc(C(=O)Nc2ccc3c(c2)B(O)OC3)c1C(F)(F)F. The third-order valence-corrected chi connectivity index (χ3v) is 3.72. The summed E-state index contributed by atoms with van der Waals surface area (Å²) >= 11 is 0. The average molecular weight is 354 g/mol. The molecular weight excluding hydrogens is 340 g/mol. The van der Waals surface area contributed by atoms with E-state index in [1.807, 2.05) is 0 Å². The number of hydrogen-bond donors (Lipinski definition) is 2. The van der Waals surface area contributed by atoms with Crippen LogP contribution in [0, 0.1) is 0 Å². The molecule has 2 heterocycles. The number of benzene rings is 1. The molecule has 1 aliphatic heterocycles. The number of anilines is 1. The van der Waals surface area contributed by atoms with Gasteiger partial charge in [-0.1, -0.05) is 18.2 Å². The fraction of sp³-hybridized carbons (Fsp3) is 0.357.